The van der Waals surface area contributed by atoms with Gasteiger partial charge in [-0.25, -0.2) is 0 Å². The van der Waals surface area contributed by atoms with Gasteiger partial charge >= 0.3 is 6.18 Å². The van der Waals surface area contributed by atoms with E-state index >= 15 is 0 Å². The minimum Gasteiger partial charge on any atom is -0.384 e. The van der Waals surface area contributed by atoms with Crippen LogP contribution in [0.1, 0.15) is 5.56 Å². The zero-order chi connectivity index (χ0) is 12.2. The molecule has 3 N–H and O–H groups in total. The van der Waals surface area contributed by atoms with Gasteiger partial charge in [0.25, 0.3) is 0 Å². The molecule has 0 aliphatic carbocycles. The molecule has 0 aliphatic heterocycles. The van der Waals surface area contributed by atoms with Crippen LogP contribution in [-0.2, 0) is 0 Å². The summed E-state index contributed by atoms with van der Waals surface area (Å²) in [5, 5.41) is 2.73. The fourth-order valence-electron chi connectivity index (χ4n) is 1.25. The van der Waals surface area contributed by atoms with Crippen molar-refractivity contribution in [1.29, 1.82) is 0 Å². The third-order valence-electron chi connectivity index (χ3n) is 2.35. The Morgan fingerprint density at radius 3 is 2.25 bits per heavy atom. The zero-order valence-electron chi connectivity index (χ0n) is 9.01. The number of halogens is 3. The van der Waals surface area contributed by atoms with Gasteiger partial charge in [-0.05, 0) is 19.1 Å². The molecular formula is C11H15F3N2. The Morgan fingerprint density at radius 1 is 1.25 bits per heavy atom. The first-order chi connectivity index (χ1) is 7.43. The maximum atomic E-state index is 12.4. The van der Waals surface area contributed by atoms with Gasteiger partial charge in [0.2, 0.25) is 0 Å². The fourth-order valence-corrected chi connectivity index (χ4v) is 1.25. The molecule has 0 aromatic heterocycles. The van der Waals surface area contributed by atoms with E-state index in [2.05, 4.69) is 5.32 Å². The van der Waals surface area contributed by atoms with Gasteiger partial charge in [-0.1, -0.05) is 17.7 Å². The number of anilines is 1. The van der Waals surface area contributed by atoms with E-state index in [0.717, 1.165) is 5.56 Å². The van der Waals surface area contributed by atoms with Gasteiger partial charge in [0.15, 0.2) is 0 Å². The Balaban J connectivity index is 2.53. The Labute approximate surface area is 92.6 Å². The molecule has 2 nitrogen and oxygen atoms in total. The van der Waals surface area contributed by atoms with Crippen LogP contribution in [-0.4, -0.2) is 19.3 Å². The highest BCUT2D eigenvalue weighted by Crippen LogP contribution is 2.25. The van der Waals surface area contributed by atoms with E-state index in [1.165, 1.54) is 0 Å². The predicted octanol–water partition coefficient (Wildman–Crippen LogP) is 2.54. The Morgan fingerprint density at radius 2 is 1.81 bits per heavy atom. The van der Waals surface area contributed by atoms with Gasteiger partial charge in [-0.2, -0.15) is 13.2 Å². The molecule has 0 saturated carbocycles. The van der Waals surface area contributed by atoms with Gasteiger partial charge < -0.3 is 11.1 Å². The van der Waals surface area contributed by atoms with Crippen LogP contribution in [0.2, 0.25) is 0 Å². The molecule has 0 fully saturated rings. The second kappa shape index (κ2) is 5.21. The minimum absolute atomic E-state index is 0.191. The number of aryl methyl sites for hydroxylation is 1. The average molecular weight is 232 g/mol. The number of nitrogens with two attached hydrogens (primary N) is 1. The van der Waals surface area contributed by atoms with Crippen LogP contribution in [0.4, 0.5) is 18.9 Å². The maximum Gasteiger partial charge on any atom is 0.394 e. The molecule has 0 heterocycles. The first-order valence-corrected chi connectivity index (χ1v) is 5.01. The fraction of sp³-hybridized carbons (Fsp3) is 0.455. The van der Waals surface area contributed by atoms with Gasteiger partial charge in [-0.3, -0.25) is 0 Å². The molecule has 1 aromatic carbocycles. The van der Waals surface area contributed by atoms with Crippen molar-refractivity contribution in [1.82, 2.24) is 0 Å². The average Bonchev–Trinajstić information content (AvgIpc) is 2.19. The molecule has 1 rings (SSSR count). The molecule has 0 amide bonds. The van der Waals surface area contributed by atoms with Gasteiger partial charge in [0.05, 0.1) is 5.92 Å². The first kappa shape index (κ1) is 12.8. The Kier molecular flexibility index (Phi) is 4.18. The maximum absolute atomic E-state index is 12.4. The number of benzene rings is 1. The normalized spacial score (nSPS) is 13.6. The molecule has 1 aromatic rings. The Bertz CT molecular complexity index is 319. The van der Waals surface area contributed by atoms with E-state index in [0.29, 0.717) is 5.69 Å². The Hall–Kier alpha value is -1.23. The molecule has 90 valence electrons. The van der Waals surface area contributed by atoms with Crippen LogP contribution in [0.5, 0.6) is 0 Å². The van der Waals surface area contributed by atoms with E-state index in [4.69, 9.17) is 5.73 Å². The molecule has 0 aliphatic rings. The van der Waals surface area contributed by atoms with Crippen LogP contribution >= 0.6 is 0 Å². The van der Waals surface area contributed by atoms with Crippen LogP contribution in [0.25, 0.3) is 0 Å². The summed E-state index contributed by atoms with van der Waals surface area (Å²) < 4.78 is 37.1. The standard InChI is InChI=1S/C11H15F3N2/c1-8-2-4-10(5-3-8)16-7-9(6-15)11(12,13)14/h2-5,9,16H,6-7,15H2,1H3. The lowest BCUT2D eigenvalue weighted by Gasteiger charge is -2.19. The van der Waals surface area contributed by atoms with E-state index < -0.39 is 18.6 Å². The number of alkyl halides is 3. The SMILES string of the molecule is Cc1ccc(NCC(CN)C(F)(F)F)cc1. The highest BCUT2D eigenvalue weighted by Gasteiger charge is 2.38. The number of hydrogen-bond acceptors (Lipinski definition) is 2. The first-order valence-electron chi connectivity index (χ1n) is 5.01. The summed E-state index contributed by atoms with van der Waals surface area (Å²) in [4.78, 5) is 0. The predicted molar refractivity (Wildman–Crippen MR) is 58.3 cm³/mol. The minimum atomic E-state index is -4.24. The number of nitrogens with one attached hydrogen (secondary N) is 1. The van der Waals surface area contributed by atoms with Crippen molar-refractivity contribution in [2.75, 3.05) is 18.4 Å². The van der Waals surface area contributed by atoms with Crippen molar-refractivity contribution in [3.05, 3.63) is 29.8 Å². The highest BCUT2D eigenvalue weighted by molar-refractivity contribution is 5.44. The summed E-state index contributed by atoms with van der Waals surface area (Å²) in [6, 6.07) is 7.18. The van der Waals surface area contributed by atoms with Crippen molar-refractivity contribution in [2.24, 2.45) is 11.7 Å². The van der Waals surface area contributed by atoms with E-state index in [-0.39, 0.29) is 6.54 Å². The molecule has 16 heavy (non-hydrogen) atoms. The topological polar surface area (TPSA) is 38.0 Å². The molecule has 0 saturated heterocycles. The largest absolute Gasteiger partial charge is 0.394 e. The second-order valence-electron chi connectivity index (χ2n) is 3.72. The monoisotopic (exact) mass is 232 g/mol. The van der Waals surface area contributed by atoms with E-state index in [9.17, 15) is 13.2 Å². The third-order valence-corrected chi connectivity index (χ3v) is 2.35. The quantitative estimate of drug-likeness (QED) is 0.837. The molecule has 1 atom stereocenters. The second-order valence-corrected chi connectivity index (χ2v) is 3.72. The van der Waals surface area contributed by atoms with E-state index in [1.807, 2.05) is 19.1 Å². The van der Waals surface area contributed by atoms with Crippen LogP contribution in [0.3, 0.4) is 0 Å². The van der Waals surface area contributed by atoms with Crippen molar-refractivity contribution in [3.63, 3.8) is 0 Å². The summed E-state index contributed by atoms with van der Waals surface area (Å²) in [5.74, 6) is -1.51. The van der Waals surface area contributed by atoms with Gasteiger partial charge in [0, 0.05) is 18.8 Å². The summed E-state index contributed by atoms with van der Waals surface area (Å²) in [6.45, 7) is 1.33. The molecule has 1 unspecified atom stereocenters. The van der Waals surface area contributed by atoms with E-state index in [1.54, 1.807) is 12.1 Å². The molecule has 5 heteroatoms. The van der Waals surface area contributed by atoms with Crippen LogP contribution in [0, 0.1) is 12.8 Å². The summed E-state index contributed by atoms with van der Waals surface area (Å²) in [6.07, 6.45) is -4.24. The van der Waals surface area contributed by atoms with Crippen molar-refractivity contribution >= 4 is 5.69 Å². The number of rotatable bonds is 4. The highest BCUT2D eigenvalue weighted by atomic mass is 19.4. The lowest BCUT2D eigenvalue weighted by atomic mass is 10.1. The van der Waals surface area contributed by atoms with Crippen molar-refractivity contribution < 1.29 is 13.2 Å². The molecule has 0 radical (unpaired) electrons. The molecular weight excluding hydrogens is 217 g/mol. The lowest BCUT2D eigenvalue weighted by molar-refractivity contribution is -0.167. The lowest BCUT2D eigenvalue weighted by Crippen LogP contribution is -2.35. The van der Waals surface area contributed by atoms with Crippen LogP contribution in [0.15, 0.2) is 24.3 Å². The van der Waals surface area contributed by atoms with Gasteiger partial charge in [0.1, 0.15) is 0 Å². The summed E-state index contributed by atoms with van der Waals surface area (Å²) in [7, 11) is 0. The smallest absolute Gasteiger partial charge is 0.384 e. The molecule has 0 bridgehead atoms. The summed E-state index contributed by atoms with van der Waals surface area (Å²) >= 11 is 0. The number of hydrogen-bond donors (Lipinski definition) is 2. The zero-order valence-corrected chi connectivity index (χ0v) is 9.01. The molecule has 0 spiro atoms. The van der Waals surface area contributed by atoms with Crippen molar-refractivity contribution in [2.45, 2.75) is 13.1 Å². The van der Waals surface area contributed by atoms with Gasteiger partial charge in [-0.15, -0.1) is 0 Å². The third kappa shape index (κ3) is 3.73. The van der Waals surface area contributed by atoms with Crippen molar-refractivity contribution in [3.8, 4) is 0 Å². The van der Waals surface area contributed by atoms with Crippen LogP contribution < -0.4 is 11.1 Å². The summed E-state index contributed by atoms with van der Waals surface area (Å²) in [5.41, 5.74) is 6.83.